The molecule has 148 valence electrons. The number of anilines is 1. The maximum atomic E-state index is 11.3. The van der Waals surface area contributed by atoms with Crippen molar-refractivity contribution < 1.29 is 19.4 Å². The predicted molar refractivity (Wildman–Crippen MR) is 114 cm³/mol. The van der Waals surface area contributed by atoms with Gasteiger partial charge in [-0.3, -0.25) is 4.79 Å². The molecule has 2 aromatic carbocycles. The van der Waals surface area contributed by atoms with Crippen molar-refractivity contribution in [3.8, 4) is 17.2 Å². The zero-order chi connectivity index (χ0) is 20.7. The highest BCUT2D eigenvalue weighted by atomic mass is 16.5. The van der Waals surface area contributed by atoms with Gasteiger partial charge in [-0.2, -0.15) is 0 Å². The Bertz CT molecular complexity index is 909. The van der Waals surface area contributed by atoms with E-state index in [0.29, 0.717) is 23.6 Å². The molecule has 0 spiro atoms. The highest BCUT2D eigenvalue weighted by Crippen LogP contribution is 2.31. The molecule has 0 aromatic heterocycles. The van der Waals surface area contributed by atoms with E-state index in [4.69, 9.17) is 9.47 Å². The van der Waals surface area contributed by atoms with Crippen LogP contribution in [0.15, 0.2) is 42.0 Å². The lowest BCUT2D eigenvalue weighted by molar-refractivity contribution is -0.114. The number of hydrogen-bond acceptors (Lipinski definition) is 4. The Labute approximate surface area is 166 Å². The standard InChI is InChI=1S/C23H27NO4/c1-15(2)6-10-20-18(13-19(26)14-22(20)27-4)9-7-17-8-11-21(24-16(3)25)23(12-17)28-5/h6-9,11-14,26H,10H2,1-5H3,(H,24,25). The molecule has 0 fully saturated rings. The number of nitrogens with one attached hydrogen (secondary N) is 1. The summed E-state index contributed by atoms with van der Waals surface area (Å²) in [6.45, 7) is 5.55. The number of phenols is 1. The molecule has 0 saturated carbocycles. The second-order valence-electron chi connectivity index (χ2n) is 6.68. The summed E-state index contributed by atoms with van der Waals surface area (Å²) in [6, 6.07) is 8.87. The first kappa shape index (κ1) is 21.1. The Morgan fingerprint density at radius 3 is 2.36 bits per heavy atom. The van der Waals surface area contributed by atoms with E-state index in [2.05, 4.69) is 11.4 Å². The number of allylic oxidation sites excluding steroid dienone is 2. The van der Waals surface area contributed by atoms with E-state index in [9.17, 15) is 9.90 Å². The summed E-state index contributed by atoms with van der Waals surface area (Å²) in [5, 5.41) is 12.8. The molecule has 5 nitrogen and oxygen atoms in total. The number of carbonyl (C=O) groups is 1. The highest BCUT2D eigenvalue weighted by molar-refractivity contribution is 5.90. The van der Waals surface area contributed by atoms with Gasteiger partial charge in [0.1, 0.15) is 17.2 Å². The SMILES string of the molecule is COc1cc(C=Cc2cc(O)cc(OC)c2CC=C(C)C)ccc1NC(C)=O. The smallest absolute Gasteiger partial charge is 0.221 e. The molecule has 0 aliphatic carbocycles. The van der Waals surface area contributed by atoms with Gasteiger partial charge in [-0.15, -0.1) is 0 Å². The minimum Gasteiger partial charge on any atom is -0.508 e. The Hall–Kier alpha value is -3.21. The average molecular weight is 381 g/mol. The van der Waals surface area contributed by atoms with Gasteiger partial charge in [0.15, 0.2) is 0 Å². The van der Waals surface area contributed by atoms with Crippen molar-refractivity contribution in [3.05, 3.63) is 58.7 Å². The summed E-state index contributed by atoms with van der Waals surface area (Å²) in [4.78, 5) is 11.3. The Morgan fingerprint density at radius 2 is 1.75 bits per heavy atom. The third-order valence-electron chi connectivity index (χ3n) is 4.15. The number of benzene rings is 2. The van der Waals surface area contributed by atoms with E-state index in [1.807, 2.05) is 38.1 Å². The molecule has 0 unspecified atom stereocenters. The number of phenolic OH excluding ortho intramolecular Hbond substituents is 1. The molecule has 0 atom stereocenters. The maximum Gasteiger partial charge on any atom is 0.221 e. The molecular formula is C23H27NO4. The van der Waals surface area contributed by atoms with Crippen molar-refractivity contribution in [1.29, 1.82) is 0 Å². The fraction of sp³-hybridized carbons (Fsp3) is 0.261. The minimum atomic E-state index is -0.155. The van der Waals surface area contributed by atoms with Crippen LogP contribution in [0.25, 0.3) is 12.2 Å². The van der Waals surface area contributed by atoms with E-state index in [-0.39, 0.29) is 11.7 Å². The summed E-state index contributed by atoms with van der Waals surface area (Å²) in [6.07, 6.45) is 6.69. The third kappa shape index (κ3) is 5.64. The molecule has 0 bridgehead atoms. The van der Waals surface area contributed by atoms with Crippen molar-refractivity contribution in [2.45, 2.75) is 27.2 Å². The van der Waals surface area contributed by atoms with Gasteiger partial charge < -0.3 is 19.9 Å². The normalized spacial score (nSPS) is 10.6. The number of carbonyl (C=O) groups excluding carboxylic acids is 1. The van der Waals surface area contributed by atoms with Crippen LogP contribution in [0, 0.1) is 0 Å². The van der Waals surface area contributed by atoms with Crippen LogP contribution in [-0.4, -0.2) is 25.2 Å². The molecule has 5 heteroatoms. The van der Waals surface area contributed by atoms with E-state index < -0.39 is 0 Å². The number of hydrogen-bond donors (Lipinski definition) is 2. The van der Waals surface area contributed by atoms with E-state index >= 15 is 0 Å². The fourth-order valence-corrected chi connectivity index (χ4v) is 2.80. The lowest BCUT2D eigenvalue weighted by atomic mass is 10.00. The number of aromatic hydroxyl groups is 1. The third-order valence-corrected chi connectivity index (χ3v) is 4.15. The molecular weight excluding hydrogens is 354 g/mol. The first-order valence-electron chi connectivity index (χ1n) is 9.01. The highest BCUT2D eigenvalue weighted by Gasteiger charge is 2.10. The van der Waals surface area contributed by atoms with Crippen molar-refractivity contribution in [1.82, 2.24) is 0 Å². The van der Waals surface area contributed by atoms with E-state index in [0.717, 1.165) is 16.7 Å². The van der Waals surface area contributed by atoms with Crippen molar-refractivity contribution in [3.63, 3.8) is 0 Å². The minimum absolute atomic E-state index is 0.149. The van der Waals surface area contributed by atoms with Crippen LogP contribution >= 0.6 is 0 Å². The van der Waals surface area contributed by atoms with Crippen LogP contribution in [0.4, 0.5) is 5.69 Å². The summed E-state index contributed by atoms with van der Waals surface area (Å²) in [7, 11) is 3.16. The topological polar surface area (TPSA) is 67.8 Å². The van der Waals surface area contributed by atoms with Crippen molar-refractivity contribution in [2.75, 3.05) is 19.5 Å². The van der Waals surface area contributed by atoms with Crippen molar-refractivity contribution >= 4 is 23.7 Å². The number of ether oxygens (including phenoxy) is 2. The summed E-state index contributed by atoms with van der Waals surface area (Å²) >= 11 is 0. The van der Waals surface area contributed by atoms with Gasteiger partial charge in [-0.25, -0.2) is 0 Å². The molecule has 0 heterocycles. The predicted octanol–water partition coefficient (Wildman–Crippen LogP) is 5.05. The van der Waals surface area contributed by atoms with Gasteiger partial charge in [0, 0.05) is 18.6 Å². The van der Waals surface area contributed by atoms with Gasteiger partial charge in [-0.05, 0) is 49.6 Å². The Morgan fingerprint density at radius 1 is 1.04 bits per heavy atom. The van der Waals surface area contributed by atoms with Gasteiger partial charge in [0.25, 0.3) is 0 Å². The van der Waals surface area contributed by atoms with E-state index in [1.54, 1.807) is 32.4 Å². The first-order valence-corrected chi connectivity index (χ1v) is 9.01. The van der Waals surface area contributed by atoms with Gasteiger partial charge in [0.2, 0.25) is 5.91 Å². The van der Waals surface area contributed by atoms with Crippen LogP contribution in [0.2, 0.25) is 0 Å². The molecule has 2 N–H and O–H groups in total. The molecule has 0 aliphatic rings. The first-order chi connectivity index (χ1) is 13.3. The summed E-state index contributed by atoms with van der Waals surface area (Å²) in [5.74, 6) is 1.22. The number of rotatable bonds is 7. The zero-order valence-electron chi connectivity index (χ0n) is 17.0. The fourth-order valence-electron chi connectivity index (χ4n) is 2.80. The number of amides is 1. The summed E-state index contributed by atoms with van der Waals surface area (Å²) in [5.41, 5.74) is 4.61. The largest absolute Gasteiger partial charge is 0.508 e. The molecule has 0 radical (unpaired) electrons. The second-order valence-corrected chi connectivity index (χ2v) is 6.68. The molecule has 0 aliphatic heterocycles. The zero-order valence-corrected chi connectivity index (χ0v) is 17.0. The van der Waals surface area contributed by atoms with Crippen LogP contribution < -0.4 is 14.8 Å². The molecule has 28 heavy (non-hydrogen) atoms. The quantitative estimate of drug-likeness (QED) is 0.520. The lowest BCUT2D eigenvalue weighted by Crippen LogP contribution is -2.07. The lowest BCUT2D eigenvalue weighted by Gasteiger charge is -2.12. The van der Waals surface area contributed by atoms with Crippen molar-refractivity contribution in [2.24, 2.45) is 0 Å². The van der Waals surface area contributed by atoms with E-state index in [1.165, 1.54) is 12.5 Å². The molecule has 1 amide bonds. The van der Waals surface area contributed by atoms with Gasteiger partial charge in [0.05, 0.1) is 19.9 Å². The van der Waals surface area contributed by atoms with Crippen LogP contribution in [0.5, 0.6) is 17.2 Å². The average Bonchev–Trinajstić information content (AvgIpc) is 2.65. The van der Waals surface area contributed by atoms with Gasteiger partial charge in [-0.1, -0.05) is 29.9 Å². The maximum absolute atomic E-state index is 11.3. The monoisotopic (exact) mass is 381 g/mol. The van der Waals surface area contributed by atoms with Crippen LogP contribution in [0.3, 0.4) is 0 Å². The second kappa shape index (κ2) is 9.65. The van der Waals surface area contributed by atoms with Crippen LogP contribution in [-0.2, 0) is 11.2 Å². The number of methoxy groups -OCH3 is 2. The molecule has 2 rings (SSSR count). The molecule has 2 aromatic rings. The Balaban J connectivity index is 2.41. The van der Waals surface area contributed by atoms with Gasteiger partial charge >= 0.3 is 0 Å². The summed E-state index contributed by atoms with van der Waals surface area (Å²) < 4.78 is 10.8. The van der Waals surface area contributed by atoms with Crippen LogP contribution in [0.1, 0.15) is 37.5 Å². The Kier molecular flexibility index (Phi) is 7.27. The molecule has 0 saturated heterocycles.